The molecule has 2 heterocycles. The minimum Gasteiger partial charge on any atom is -0.410 e. The third-order valence-electron chi connectivity index (χ3n) is 3.96. The molecule has 7 nitrogen and oxygen atoms in total. The first-order valence-corrected chi connectivity index (χ1v) is 9.66. The summed E-state index contributed by atoms with van der Waals surface area (Å²) < 4.78 is 5.23. The standard InChI is InChI=1S/C21H17N5O2S/c22-16-4-6-19(7-5-16)28-21(27)26-18-3-1-2-17(10-18)25-20-23-11-15(12-24-20)14-8-9-29-13-14/h1-13H,22H2,(H,26,27)(H,23,24,25). The van der Waals surface area contributed by atoms with Crippen molar-refractivity contribution in [1.29, 1.82) is 0 Å². The second-order valence-corrected chi connectivity index (χ2v) is 6.88. The molecule has 0 saturated heterocycles. The van der Waals surface area contributed by atoms with Crippen molar-refractivity contribution in [3.8, 4) is 16.9 Å². The second-order valence-electron chi connectivity index (χ2n) is 6.10. The van der Waals surface area contributed by atoms with Crippen LogP contribution in [0.3, 0.4) is 0 Å². The molecule has 29 heavy (non-hydrogen) atoms. The Morgan fingerprint density at radius 3 is 2.45 bits per heavy atom. The van der Waals surface area contributed by atoms with E-state index in [4.69, 9.17) is 10.5 Å². The summed E-state index contributed by atoms with van der Waals surface area (Å²) in [6.45, 7) is 0. The first-order chi connectivity index (χ1) is 14.2. The van der Waals surface area contributed by atoms with Crippen molar-refractivity contribution >= 4 is 40.4 Å². The summed E-state index contributed by atoms with van der Waals surface area (Å²) in [6, 6.07) is 15.8. The van der Waals surface area contributed by atoms with Crippen molar-refractivity contribution in [3.63, 3.8) is 0 Å². The Labute approximate surface area is 171 Å². The van der Waals surface area contributed by atoms with E-state index in [1.807, 2.05) is 22.9 Å². The third-order valence-corrected chi connectivity index (χ3v) is 4.65. The van der Waals surface area contributed by atoms with Gasteiger partial charge < -0.3 is 15.8 Å². The van der Waals surface area contributed by atoms with E-state index < -0.39 is 6.09 Å². The summed E-state index contributed by atoms with van der Waals surface area (Å²) in [5.74, 6) is 0.871. The Kier molecular flexibility index (Phi) is 5.35. The van der Waals surface area contributed by atoms with E-state index in [0.717, 1.165) is 16.8 Å². The lowest BCUT2D eigenvalue weighted by atomic mass is 10.2. The van der Waals surface area contributed by atoms with E-state index in [-0.39, 0.29) is 0 Å². The quantitative estimate of drug-likeness (QED) is 0.399. The lowest BCUT2D eigenvalue weighted by Crippen LogP contribution is -2.16. The summed E-state index contributed by atoms with van der Waals surface area (Å²) in [5, 5.41) is 9.87. The number of nitrogens with zero attached hydrogens (tertiary/aromatic N) is 2. The summed E-state index contributed by atoms with van der Waals surface area (Å²) in [7, 11) is 0. The predicted molar refractivity (Wildman–Crippen MR) is 116 cm³/mol. The zero-order valence-electron chi connectivity index (χ0n) is 15.2. The first-order valence-electron chi connectivity index (χ1n) is 8.72. The maximum atomic E-state index is 12.1. The Morgan fingerprint density at radius 2 is 1.72 bits per heavy atom. The van der Waals surface area contributed by atoms with Crippen LogP contribution in [0.5, 0.6) is 5.75 Å². The van der Waals surface area contributed by atoms with Crippen LogP contribution >= 0.6 is 11.3 Å². The highest BCUT2D eigenvalue weighted by Crippen LogP contribution is 2.23. The molecule has 1 amide bonds. The van der Waals surface area contributed by atoms with Crippen molar-refractivity contribution in [2.45, 2.75) is 0 Å². The van der Waals surface area contributed by atoms with Gasteiger partial charge in [0.15, 0.2) is 0 Å². The molecule has 2 aromatic carbocycles. The summed E-state index contributed by atoms with van der Waals surface area (Å²) in [6.07, 6.45) is 2.94. The number of hydrogen-bond acceptors (Lipinski definition) is 7. The minimum absolute atomic E-state index is 0.407. The molecule has 2 aromatic heterocycles. The molecule has 4 aromatic rings. The number of carbonyl (C=O) groups is 1. The number of nitrogens with one attached hydrogen (secondary N) is 2. The number of ether oxygens (including phenoxy) is 1. The fourth-order valence-corrected chi connectivity index (χ4v) is 3.23. The van der Waals surface area contributed by atoms with Crippen molar-refractivity contribution in [2.75, 3.05) is 16.4 Å². The van der Waals surface area contributed by atoms with E-state index >= 15 is 0 Å². The van der Waals surface area contributed by atoms with E-state index in [9.17, 15) is 4.79 Å². The summed E-state index contributed by atoms with van der Waals surface area (Å²) in [5.41, 5.74) is 9.58. The van der Waals surface area contributed by atoms with E-state index in [0.29, 0.717) is 23.1 Å². The molecule has 8 heteroatoms. The molecule has 0 fully saturated rings. The number of nitrogens with two attached hydrogens (primary N) is 1. The van der Waals surface area contributed by atoms with Crippen LogP contribution in [0.1, 0.15) is 0 Å². The van der Waals surface area contributed by atoms with Gasteiger partial charge in [-0.3, -0.25) is 5.32 Å². The highest BCUT2D eigenvalue weighted by Gasteiger charge is 2.07. The third kappa shape index (κ3) is 4.88. The van der Waals surface area contributed by atoms with Crippen molar-refractivity contribution in [1.82, 2.24) is 9.97 Å². The number of amides is 1. The monoisotopic (exact) mass is 403 g/mol. The number of aromatic nitrogens is 2. The van der Waals surface area contributed by atoms with Gasteiger partial charge in [-0.05, 0) is 64.9 Å². The van der Waals surface area contributed by atoms with E-state index in [2.05, 4.69) is 20.6 Å². The Morgan fingerprint density at radius 1 is 0.966 bits per heavy atom. The molecule has 0 bridgehead atoms. The molecule has 0 radical (unpaired) electrons. The fourth-order valence-electron chi connectivity index (χ4n) is 2.56. The van der Waals surface area contributed by atoms with Crippen LogP contribution in [0.4, 0.5) is 27.8 Å². The maximum Gasteiger partial charge on any atom is 0.417 e. The molecule has 0 unspecified atom stereocenters. The molecule has 0 aliphatic rings. The van der Waals surface area contributed by atoms with Gasteiger partial charge >= 0.3 is 6.09 Å². The fraction of sp³-hybridized carbons (Fsp3) is 0. The molecule has 0 aliphatic heterocycles. The van der Waals surface area contributed by atoms with Crippen LogP contribution in [-0.4, -0.2) is 16.1 Å². The van der Waals surface area contributed by atoms with E-state index in [1.54, 1.807) is 66.2 Å². The normalized spacial score (nSPS) is 10.3. The SMILES string of the molecule is Nc1ccc(OC(=O)Nc2cccc(Nc3ncc(-c4ccsc4)cn3)c2)cc1. The molecule has 4 rings (SSSR count). The largest absolute Gasteiger partial charge is 0.417 e. The lowest BCUT2D eigenvalue weighted by molar-refractivity contribution is 0.215. The summed E-state index contributed by atoms with van der Waals surface area (Å²) >= 11 is 1.63. The molecular weight excluding hydrogens is 386 g/mol. The second kappa shape index (κ2) is 8.41. The molecule has 0 saturated carbocycles. The molecular formula is C21H17N5O2S. The molecule has 0 atom stereocenters. The zero-order chi connectivity index (χ0) is 20.1. The van der Waals surface area contributed by atoms with E-state index in [1.165, 1.54) is 0 Å². The number of anilines is 4. The highest BCUT2D eigenvalue weighted by molar-refractivity contribution is 7.08. The lowest BCUT2D eigenvalue weighted by Gasteiger charge is -2.09. The van der Waals surface area contributed by atoms with Gasteiger partial charge in [-0.15, -0.1) is 0 Å². The predicted octanol–water partition coefficient (Wildman–Crippen LogP) is 5.14. The van der Waals surface area contributed by atoms with Gasteiger partial charge in [0.2, 0.25) is 5.95 Å². The molecule has 4 N–H and O–H groups in total. The van der Waals surface area contributed by atoms with Gasteiger partial charge in [0.1, 0.15) is 5.75 Å². The number of nitrogen functional groups attached to an aromatic ring is 1. The molecule has 144 valence electrons. The van der Waals surface area contributed by atoms with Gasteiger partial charge in [-0.2, -0.15) is 11.3 Å². The number of rotatable bonds is 5. The van der Waals surface area contributed by atoms with Crippen LogP contribution in [0.25, 0.3) is 11.1 Å². The van der Waals surface area contributed by atoms with Crippen LogP contribution < -0.4 is 21.1 Å². The smallest absolute Gasteiger partial charge is 0.410 e. The van der Waals surface area contributed by atoms with Gasteiger partial charge in [-0.1, -0.05) is 6.07 Å². The van der Waals surface area contributed by atoms with Crippen molar-refractivity contribution < 1.29 is 9.53 Å². The summed E-state index contributed by atoms with van der Waals surface area (Å²) in [4.78, 5) is 20.8. The number of thiophene rings is 1. The average Bonchev–Trinajstić information content (AvgIpc) is 3.25. The van der Waals surface area contributed by atoms with Gasteiger partial charge in [-0.25, -0.2) is 14.8 Å². The number of carbonyl (C=O) groups excluding carboxylic acids is 1. The van der Waals surface area contributed by atoms with Gasteiger partial charge in [0.05, 0.1) is 0 Å². The Hall–Kier alpha value is -3.91. The Balaban J connectivity index is 1.39. The van der Waals surface area contributed by atoms with Crippen molar-refractivity contribution in [2.24, 2.45) is 0 Å². The maximum absolute atomic E-state index is 12.1. The topological polar surface area (TPSA) is 102 Å². The minimum atomic E-state index is -0.594. The van der Waals surface area contributed by atoms with Crippen LogP contribution in [0.15, 0.2) is 77.8 Å². The Bertz CT molecular complexity index is 1100. The molecule has 0 spiro atoms. The van der Waals surface area contributed by atoms with Crippen LogP contribution in [0.2, 0.25) is 0 Å². The average molecular weight is 403 g/mol. The zero-order valence-corrected chi connectivity index (χ0v) is 16.0. The van der Waals surface area contributed by atoms with Gasteiger partial charge in [0, 0.05) is 35.0 Å². The molecule has 0 aliphatic carbocycles. The van der Waals surface area contributed by atoms with Crippen LogP contribution in [-0.2, 0) is 0 Å². The number of hydrogen-bond donors (Lipinski definition) is 3. The van der Waals surface area contributed by atoms with Crippen LogP contribution in [0, 0.1) is 0 Å². The first kappa shape index (κ1) is 18.5. The highest BCUT2D eigenvalue weighted by atomic mass is 32.1. The van der Waals surface area contributed by atoms with Gasteiger partial charge in [0.25, 0.3) is 0 Å². The number of benzene rings is 2. The van der Waals surface area contributed by atoms with Crippen molar-refractivity contribution in [3.05, 3.63) is 77.8 Å².